The lowest BCUT2D eigenvalue weighted by molar-refractivity contribution is -0.146. The SMILES string of the molecule is COC(=O)C1CN(Cc2ccc(OC)c(F)c2)CC1C. The van der Waals surface area contributed by atoms with Crippen LogP contribution in [0.1, 0.15) is 12.5 Å². The van der Waals surface area contributed by atoms with E-state index in [1.54, 1.807) is 6.07 Å². The number of carbonyl (C=O) groups is 1. The summed E-state index contributed by atoms with van der Waals surface area (Å²) in [6.07, 6.45) is 0. The molecule has 1 heterocycles. The Hall–Kier alpha value is -1.62. The molecule has 2 unspecified atom stereocenters. The number of hydrogen-bond acceptors (Lipinski definition) is 4. The van der Waals surface area contributed by atoms with Gasteiger partial charge in [0.15, 0.2) is 11.6 Å². The van der Waals surface area contributed by atoms with Gasteiger partial charge in [0.25, 0.3) is 0 Å². The van der Waals surface area contributed by atoms with Crippen LogP contribution in [0.5, 0.6) is 5.75 Å². The topological polar surface area (TPSA) is 38.8 Å². The highest BCUT2D eigenvalue weighted by Crippen LogP contribution is 2.26. The standard InChI is InChI=1S/C15H20FNO3/c1-10-7-17(9-12(10)15(18)20-3)8-11-4-5-14(19-2)13(16)6-11/h4-6,10,12H,7-9H2,1-3H3. The quantitative estimate of drug-likeness (QED) is 0.792. The van der Waals surface area contributed by atoms with Gasteiger partial charge in [0.2, 0.25) is 0 Å². The molecule has 1 aromatic carbocycles. The minimum atomic E-state index is -0.359. The van der Waals surface area contributed by atoms with E-state index in [0.29, 0.717) is 13.1 Å². The normalized spacial score (nSPS) is 22.8. The summed E-state index contributed by atoms with van der Waals surface area (Å²) >= 11 is 0. The molecule has 0 aromatic heterocycles. The summed E-state index contributed by atoms with van der Waals surface area (Å²) in [7, 11) is 2.86. The molecule has 4 nitrogen and oxygen atoms in total. The number of benzene rings is 1. The van der Waals surface area contributed by atoms with Crippen LogP contribution in [0.3, 0.4) is 0 Å². The van der Waals surface area contributed by atoms with Crippen LogP contribution in [0.15, 0.2) is 18.2 Å². The van der Waals surface area contributed by atoms with E-state index >= 15 is 0 Å². The van der Waals surface area contributed by atoms with Gasteiger partial charge in [0, 0.05) is 19.6 Å². The lowest BCUT2D eigenvalue weighted by Gasteiger charge is -2.16. The largest absolute Gasteiger partial charge is 0.494 e. The molecule has 1 fully saturated rings. The molecular weight excluding hydrogens is 261 g/mol. The smallest absolute Gasteiger partial charge is 0.310 e. The van der Waals surface area contributed by atoms with E-state index in [1.165, 1.54) is 20.3 Å². The number of nitrogens with zero attached hydrogens (tertiary/aromatic N) is 1. The van der Waals surface area contributed by atoms with Crippen LogP contribution in [-0.4, -0.2) is 38.2 Å². The third-order valence-electron chi connectivity index (χ3n) is 3.81. The minimum Gasteiger partial charge on any atom is -0.494 e. The van der Waals surface area contributed by atoms with Crippen LogP contribution in [0, 0.1) is 17.7 Å². The van der Waals surface area contributed by atoms with Gasteiger partial charge in [0.05, 0.1) is 20.1 Å². The van der Waals surface area contributed by atoms with Crippen molar-refractivity contribution in [2.24, 2.45) is 11.8 Å². The number of hydrogen-bond donors (Lipinski definition) is 0. The molecule has 0 amide bonds. The number of likely N-dealkylation sites (tertiary alicyclic amines) is 1. The Labute approximate surface area is 118 Å². The first-order valence-corrected chi connectivity index (χ1v) is 6.67. The number of halogens is 1. The third kappa shape index (κ3) is 3.10. The highest BCUT2D eigenvalue weighted by molar-refractivity contribution is 5.73. The maximum atomic E-state index is 13.6. The predicted octanol–water partition coefficient (Wildman–Crippen LogP) is 2.08. The summed E-state index contributed by atoms with van der Waals surface area (Å²) in [6, 6.07) is 4.95. The maximum Gasteiger partial charge on any atom is 0.310 e. The van der Waals surface area contributed by atoms with Gasteiger partial charge in [-0.15, -0.1) is 0 Å². The van der Waals surface area contributed by atoms with Gasteiger partial charge in [-0.25, -0.2) is 4.39 Å². The molecule has 0 bridgehead atoms. The molecule has 0 radical (unpaired) electrons. The fourth-order valence-corrected chi connectivity index (χ4v) is 2.72. The predicted molar refractivity (Wildman–Crippen MR) is 72.9 cm³/mol. The summed E-state index contributed by atoms with van der Waals surface area (Å²) in [5, 5.41) is 0. The van der Waals surface area contributed by atoms with Crippen molar-refractivity contribution in [2.45, 2.75) is 13.5 Å². The van der Waals surface area contributed by atoms with Gasteiger partial charge in [-0.1, -0.05) is 13.0 Å². The number of esters is 1. The molecule has 0 aliphatic carbocycles. The first-order valence-electron chi connectivity index (χ1n) is 6.67. The summed E-state index contributed by atoms with van der Waals surface area (Å²) in [4.78, 5) is 13.8. The molecule has 2 atom stereocenters. The molecule has 5 heteroatoms. The van der Waals surface area contributed by atoms with Crippen LogP contribution in [-0.2, 0) is 16.1 Å². The average Bonchev–Trinajstić information content (AvgIpc) is 2.79. The molecule has 0 saturated carbocycles. The second kappa shape index (κ2) is 6.22. The molecule has 1 saturated heterocycles. The number of rotatable bonds is 4. The highest BCUT2D eigenvalue weighted by Gasteiger charge is 2.35. The van der Waals surface area contributed by atoms with E-state index in [-0.39, 0.29) is 29.4 Å². The van der Waals surface area contributed by atoms with Crippen molar-refractivity contribution in [1.82, 2.24) is 4.90 Å². The Morgan fingerprint density at radius 2 is 2.15 bits per heavy atom. The van der Waals surface area contributed by atoms with Crippen LogP contribution in [0.4, 0.5) is 4.39 Å². The fourth-order valence-electron chi connectivity index (χ4n) is 2.72. The first kappa shape index (κ1) is 14.8. The van der Waals surface area contributed by atoms with Crippen molar-refractivity contribution in [3.05, 3.63) is 29.6 Å². The van der Waals surface area contributed by atoms with E-state index in [1.807, 2.05) is 13.0 Å². The van der Waals surface area contributed by atoms with Crippen LogP contribution < -0.4 is 4.74 Å². The molecule has 20 heavy (non-hydrogen) atoms. The third-order valence-corrected chi connectivity index (χ3v) is 3.81. The van der Waals surface area contributed by atoms with E-state index in [2.05, 4.69) is 4.90 Å². The summed E-state index contributed by atoms with van der Waals surface area (Å²) in [6.45, 7) is 4.13. The lowest BCUT2D eigenvalue weighted by Crippen LogP contribution is -2.24. The number of methoxy groups -OCH3 is 2. The molecule has 1 aromatic rings. The van der Waals surface area contributed by atoms with Gasteiger partial charge in [-0.3, -0.25) is 9.69 Å². The molecule has 1 aliphatic heterocycles. The number of ether oxygens (including phenoxy) is 2. The van der Waals surface area contributed by atoms with E-state index in [4.69, 9.17) is 9.47 Å². The maximum absolute atomic E-state index is 13.6. The van der Waals surface area contributed by atoms with Crippen molar-refractivity contribution in [3.63, 3.8) is 0 Å². The zero-order valence-corrected chi connectivity index (χ0v) is 12.1. The second-order valence-electron chi connectivity index (χ2n) is 5.27. The molecular formula is C15H20FNO3. The van der Waals surface area contributed by atoms with Crippen LogP contribution >= 0.6 is 0 Å². The van der Waals surface area contributed by atoms with Crippen molar-refractivity contribution in [1.29, 1.82) is 0 Å². The zero-order valence-electron chi connectivity index (χ0n) is 12.1. The lowest BCUT2D eigenvalue weighted by atomic mass is 9.99. The first-order chi connectivity index (χ1) is 9.55. The molecule has 0 N–H and O–H groups in total. The van der Waals surface area contributed by atoms with E-state index < -0.39 is 0 Å². The molecule has 110 valence electrons. The Kier molecular flexibility index (Phi) is 4.60. The summed E-state index contributed by atoms with van der Waals surface area (Å²) in [5.74, 6) is -0.118. The van der Waals surface area contributed by atoms with Gasteiger partial charge in [-0.05, 0) is 23.6 Å². The minimum absolute atomic E-state index is 0.0944. The Morgan fingerprint density at radius 1 is 1.40 bits per heavy atom. The van der Waals surface area contributed by atoms with Crippen molar-refractivity contribution >= 4 is 5.97 Å². The van der Waals surface area contributed by atoms with E-state index in [9.17, 15) is 9.18 Å². The Bertz CT molecular complexity index is 492. The summed E-state index contributed by atoms with van der Waals surface area (Å²) < 4.78 is 23.4. The fraction of sp³-hybridized carbons (Fsp3) is 0.533. The molecule has 2 rings (SSSR count). The molecule has 1 aliphatic rings. The molecule has 0 spiro atoms. The van der Waals surface area contributed by atoms with Crippen LogP contribution in [0.2, 0.25) is 0 Å². The van der Waals surface area contributed by atoms with Crippen LogP contribution in [0.25, 0.3) is 0 Å². The monoisotopic (exact) mass is 281 g/mol. The van der Waals surface area contributed by atoms with Gasteiger partial charge in [0.1, 0.15) is 0 Å². The van der Waals surface area contributed by atoms with Crippen molar-refractivity contribution < 1.29 is 18.7 Å². The van der Waals surface area contributed by atoms with Crippen molar-refractivity contribution in [2.75, 3.05) is 27.3 Å². The second-order valence-corrected chi connectivity index (χ2v) is 5.27. The van der Waals surface area contributed by atoms with Gasteiger partial charge in [-0.2, -0.15) is 0 Å². The average molecular weight is 281 g/mol. The Morgan fingerprint density at radius 3 is 2.75 bits per heavy atom. The van der Waals surface area contributed by atoms with E-state index in [0.717, 1.165) is 12.1 Å². The van der Waals surface area contributed by atoms with Gasteiger partial charge >= 0.3 is 5.97 Å². The summed E-state index contributed by atoms with van der Waals surface area (Å²) in [5.41, 5.74) is 0.876. The zero-order chi connectivity index (χ0) is 14.7. The van der Waals surface area contributed by atoms with Crippen molar-refractivity contribution in [3.8, 4) is 5.75 Å². The van der Waals surface area contributed by atoms with Gasteiger partial charge < -0.3 is 9.47 Å². The highest BCUT2D eigenvalue weighted by atomic mass is 19.1. The Balaban J connectivity index is 2.01. The number of carbonyl (C=O) groups excluding carboxylic acids is 1.